The maximum absolute atomic E-state index is 14.4. The predicted molar refractivity (Wildman–Crippen MR) is 77.4 cm³/mol. The topological polar surface area (TPSA) is 47.9 Å². The SMILES string of the molecule is Oc1ccccc1C1=NCCN2CCNC2(C(F)(F)C(F)F)C1. The first-order chi connectivity index (χ1) is 10.9. The summed E-state index contributed by atoms with van der Waals surface area (Å²) in [5, 5.41) is 12.5. The van der Waals surface area contributed by atoms with Gasteiger partial charge in [0.2, 0.25) is 0 Å². The summed E-state index contributed by atoms with van der Waals surface area (Å²) in [6.45, 7) is 0.834. The van der Waals surface area contributed by atoms with Crippen molar-refractivity contribution in [3.05, 3.63) is 29.8 Å². The highest BCUT2D eigenvalue weighted by molar-refractivity contribution is 6.03. The van der Waals surface area contributed by atoms with E-state index in [1.807, 2.05) is 0 Å². The number of fused-ring (bicyclic) bond motifs is 1. The van der Waals surface area contributed by atoms with Gasteiger partial charge in [-0.25, -0.2) is 8.78 Å². The van der Waals surface area contributed by atoms with Crippen LogP contribution in [0.25, 0.3) is 0 Å². The van der Waals surface area contributed by atoms with Gasteiger partial charge in [0.05, 0.1) is 6.54 Å². The zero-order valence-corrected chi connectivity index (χ0v) is 12.3. The van der Waals surface area contributed by atoms with E-state index in [-0.39, 0.29) is 37.6 Å². The lowest BCUT2D eigenvalue weighted by atomic mass is 9.91. The lowest BCUT2D eigenvalue weighted by molar-refractivity contribution is -0.212. The standard InChI is InChI=1S/C15H17F4N3O/c16-13(17)15(18,19)14-9-11(10-3-1-2-4-12(10)23)20-5-7-22(14)8-6-21-14/h1-4,13,21,23H,5-9H2. The first-order valence-electron chi connectivity index (χ1n) is 7.36. The minimum Gasteiger partial charge on any atom is -0.507 e. The fraction of sp³-hybridized carbons (Fsp3) is 0.533. The third-order valence-electron chi connectivity index (χ3n) is 4.48. The fourth-order valence-corrected chi connectivity index (χ4v) is 3.31. The van der Waals surface area contributed by atoms with Crippen molar-refractivity contribution in [1.29, 1.82) is 0 Å². The molecule has 126 valence electrons. The molecule has 0 bridgehead atoms. The monoisotopic (exact) mass is 331 g/mol. The van der Waals surface area contributed by atoms with E-state index in [0.29, 0.717) is 5.56 Å². The summed E-state index contributed by atoms with van der Waals surface area (Å²) in [6.07, 6.45) is -4.19. The molecule has 1 fully saturated rings. The first-order valence-corrected chi connectivity index (χ1v) is 7.36. The van der Waals surface area contributed by atoms with Crippen LogP contribution in [0.4, 0.5) is 17.6 Å². The van der Waals surface area contributed by atoms with Crippen LogP contribution in [0.3, 0.4) is 0 Å². The van der Waals surface area contributed by atoms with E-state index in [1.54, 1.807) is 18.2 Å². The molecular weight excluding hydrogens is 314 g/mol. The summed E-state index contributed by atoms with van der Waals surface area (Å²) in [5.41, 5.74) is -1.67. The van der Waals surface area contributed by atoms with Gasteiger partial charge < -0.3 is 5.11 Å². The molecule has 0 saturated carbocycles. The Morgan fingerprint density at radius 2 is 2.00 bits per heavy atom. The molecule has 0 aromatic heterocycles. The van der Waals surface area contributed by atoms with Crippen LogP contribution in [0.2, 0.25) is 0 Å². The molecule has 0 aliphatic carbocycles. The van der Waals surface area contributed by atoms with Crippen LogP contribution in [0.1, 0.15) is 12.0 Å². The van der Waals surface area contributed by atoms with Gasteiger partial charge in [-0.2, -0.15) is 8.78 Å². The molecule has 0 spiro atoms. The normalized spacial score (nSPS) is 26.0. The molecule has 4 nitrogen and oxygen atoms in total. The van der Waals surface area contributed by atoms with Crippen molar-refractivity contribution < 1.29 is 22.7 Å². The highest BCUT2D eigenvalue weighted by atomic mass is 19.3. The predicted octanol–water partition coefficient (Wildman–Crippen LogP) is 2.09. The Morgan fingerprint density at radius 3 is 2.70 bits per heavy atom. The van der Waals surface area contributed by atoms with Crippen molar-refractivity contribution in [1.82, 2.24) is 10.2 Å². The highest BCUT2D eigenvalue weighted by Crippen LogP contribution is 2.43. The maximum Gasteiger partial charge on any atom is 0.338 e. The summed E-state index contributed by atoms with van der Waals surface area (Å²) in [6, 6.07) is 6.20. The van der Waals surface area contributed by atoms with Crippen LogP contribution in [-0.4, -0.2) is 59.9 Å². The number of benzene rings is 1. The summed E-state index contributed by atoms with van der Waals surface area (Å²) >= 11 is 0. The Kier molecular flexibility index (Phi) is 4.05. The van der Waals surface area contributed by atoms with Gasteiger partial charge in [0, 0.05) is 37.3 Å². The van der Waals surface area contributed by atoms with Crippen LogP contribution in [0, 0.1) is 0 Å². The smallest absolute Gasteiger partial charge is 0.338 e. The molecule has 1 atom stereocenters. The van der Waals surface area contributed by atoms with E-state index in [9.17, 15) is 22.7 Å². The molecule has 1 aromatic carbocycles. The number of aliphatic imine (C=N–C) groups is 1. The number of phenolic OH excluding ortho intramolecular Hbond substituents is 1. The fourth-order valence-electron chi connectivity index (χ4n) is 3.31. The zero-order valence-electron chi connectivity index (χ0n) is 12.3. The second-order valence-corrected chi connectivity index (χ2v) is 5.72. The van der Waals surface area contributed by atoms with Gasteiger partial charge >= 0.3 is 12.3 Å². The van der Waals surface area contributed by atoms with Crippen molar-refractivity contribution in [3.63, 3.8) is 0 Å². The van der Waals surface area contributed by atoms with Gasteiger partial charge in [-0.15, -0.1) is 0 Å². The molecule has 2 heterocycles. The number of hydrogen-bond acceptors (Lipinski definition) is 4. The maximum atomic E-state index is 14.4. The summed E-state index contributed by atoms with van der Waals surface area (Å²) in [7, 11) is 0. The Labute approximate surface area is 130 Å². The molecule has 1 unspecified atom stereocenters. The average Bonchev–Trinajstić information content (AvgIpc) is 2.82. The molecule has 2 aliphatic heterocycles. The van der Waals surface area contributed by atoms with Gasteiger partial charge in [0.15, 0.2) is 0 Å². The second-order valence-electron chi connectivity index (χ2n) is 5.72. The molecular formula is C15H17F4N3O. The number of para-hydroxylation sites is 1. The van der Waals surface area contributed by atoms with Gasteiger partial charge in [-0.05, 0) is 12.1 Å². The van der Waals surface area contributed by atoms with Crippen molar-refractivity contribution >= 4 is 5.71 Å². The molecule has 3 rings (SSSR count). The molecule has 0 amide bonds. The number of nitrogens with one attached hydrogen (secondary N) is 1. The second kappa shape index (κ2) is 5.76. The molecule has 0 radical (unpaired) electrons. The van der Waals surface area contributed by atoms with Crippen LogP contribution in [0.15, 0.2) is 29.3 Å². The lowest BCUT2D eigenvalue weighted by Gasteiger charge is -2.42. The highest BCUT2D eigenvalue weighted by Gasteiger charge is 2.65. The number of aromatic hydroxyl groups is 1. The van der Waals surface area contributed by atoms with Gasteiger partial charge in [-0.3, -0.25) is 15.2 Å². The molecule has 8 heteroatoms. The van der Waals surface area contributed by atoms with Gasteiger partial charge in [0.25, 0.3) is 0 Å². The van der Waals surface area contributed by atoms with Crippen molar-refractivity contribution in [2.45, 2.75) is 24.4 Å². The number of alkyl halides is 4. The number of rotatable bonds is 3. The first kappa shape index (κ1) is 16.2. The molecule has 1 saturated heterocycles. The van der Waals surface area contributed by atoms with E-state index in [0.717, 1.165) is 0 Å². The molecule has 1 aromatic rings. The Hall–Kier alpha value is -1.67. The van der Waals surface area contributed by atoms with Crippen LogP contribution >= 0.6 is 0 Å². The molecule has 23 heavy (non-hydrogen) atoms. The van der Waals surface area contributed by atoms with Crippen molar-refractivity contribution in [2.75, 3.05) is 26.2 Å². The quantitative estimate of drug-likeness (QED) is 0.834. The largest absolute Gasteiger partial charge is 0.507 e. The number of nitrogens with zero attached hydrogens (tertiary/aromatic N) is 2. The Morgan fingerprint density at radius 1 is 1.26 bits per heavy atom. The van der Waals surface area contributed by atoms with E-state index in [1.165, 1.54) is 11.0 Å². The minimum atomic E-state index is -4.24. The van der Waals surface area contributed by atoms with Crippen LogP contribution in [-0.2, 0) is 0 Å². The molecule has 2 N–H and O–H groups in total. The third kappa shape index (κ3) is 2.49. The summed E-state index contributed by atoms with van der Waals surface area (Å²) < 4.78 is 54.9. The van der Waals surface area contributed by atoms with E-state index >= 15 is 0 Å². The Balaban J connectivity index is 2.04. The zero-order chi connectivity index (χ0) is 16.7. The average molecular weight is 331 g/mol. The number of hydrogen-bond donors (Lipinski definition) is 2. The van der Waals surface area contributed by atoms with Crippen LogP contribution < -0.4 is 5.32 Å². The van der Waals surface area contributed by atoms with Crippen molar-refractivity contribution in [2.24, 2.45) is 4.99 Å². The van der Waals surface area contributed by atoms with Gasteiger partial charge in [-0.1, -0.05) is 12.1 Å². The summed E-state index contributed by atoms with van der Waals surface area (Å²) in [4.78, 5) is 5.59. The van der Waals surface area contributed by atoms with Gasteiger partial charge in [0.1, 0.15) is 11.4 Å². The summed E-state index contributed by atoms with van der Waals surface area (Å²) in [5.74, 6) is -4.34. The number of halogens is 4. The van der Waals surface area contributed by atoms with Crippen LogP contribution in [0.5, 0.6) is 5.75 Å². The third-order valence-corrected chi connectivity index (χ3v) is 4.48. The van der Waals surface area contributed by atoms with E-state index in [4.69, 9.17) is 0 Å². The molecule has 2 aliphatic rings. The lowest BCUT2D eigenvalue weighted by Crippen LogP contribution is -2.67. The van der Waals surface area contributed by atoms with Crippen molar-refractivity contribution in [3.8, 4) is 5.75 Å². The van der Waals surface area contributed by atoms with E-state index in [2.05, 4.69) is 10.3 Å². The minimum absolute atomic E-state index is 0.104. The number of phenols is 1. The Bertz CT molecular complexity index is 622. The van der Waals surface area contributed by atoms with E-state index < -0.39 is 24.4 Å².